The molecule has 2 aliphatic rings. The summed E-state index contributed by atoms with van der Waals surface area (Å²) in [6.07, 6.45) is 5.14. The molecular weight excluding hydrogens is 286 g/mol. The maximum Gasteiger partial charge on any atom is 0.162 e. The van der Waals surface area contributed by atoms with Crippen LogP contribution in [0.4, 0.5) is 0 Å². The highest BCUT2D eigenvalue weighted by atomic mass is 35.5. The van der Waals surface area contributed by atoms with Crippen molar-refractivity contribution in [2.75, 3.05) is 20.3 Å². The number of nitrogens with one attached hydrogen (secondary N) is 1. The molecule has 1 aliphatic heterocycles. The molecule has 3 nitrogen and oxygen atoms in total. The van der Waals surface area contributed by atoms with Crippen LogP contribution < -0.4 is 14.8 Å². The lowest BCUT2D eigenvalue weighted by Gasteiger charge is -2.34. The third-order valence-corrected chi connectivity index (χ3v) is 5.17. The molecule has 21 heavy (non-hydrogen) atoms. The van der Waals surface area contributed by atoms with Gasteiger partial charge in [-0.05, 0) is 43.4 Å². The summed E-state index contributed by atoms with van der Waals surface area (Å²) in [5, 5.41) is 4.24. The number of benzene rings is 1. The summed E-state index contributed by atoms with van der Waals surface area (Å²) in [5.41, 5.74) is 1.14. The Morgan fingerprint density at radius 3 is 2.33 bits per heavy atom. The third-order valence-electron chi connectivity index (χ3n) is 4.84. The zero-order chi connectivity index (χ0) is 14.8. The molecule has 1 unspecified atom stereocenters. The van der Waals surface area contributed by atoms with Crippen LogP contribution >= 0.6 is 11.6 Å². The van der Waals surface area contributed by atoms with Gasteiger partial charge in [-0.3, -0.25) is 0 Å². The van der Waals surface area contributed by atoms with Crippen LogP contribution in [0.2, 0.25) is 5.02 Å². The van der Waals surface area contributed by atoms with E-state index < -0.39 is 0 Å². The van der Waals surface area contributed by atoms with Crippen LogP contribution in [0.15, 0.2) is 12.1 Å². The Bertz CT molecular complexity index is 498. The number of halogens is 1. The first-order valence-corrected chi connectivity index (χ1v) is 8.33. The van der Waals surface area contributed by atoms with Gasteiger partial charge in [0.15, 0.2) is 11.5 Å². The van der Waals surface area contributed by atoms with E-state index in [4.69, 9.17) is 21.1 Å². The van der Waals surface area contributed by atoms with Crippen molar-refractivity contribution >= 4 is 11.6 Å². The zero-order valence-corrected chi connectivity index (χ0v) is 13.6. The summed E-state index contributed by atoms with van der Waals surface area (Å²) in [7, 11) is 2.02. The quantitative estimate of drug-likeness (QED) is 0.908. The van der Waals surface area contributed by atoms with Gasteiger partial charge in [0.1, 0.15) is 13.2 Å². The molecule has 0 bridgehead atoms. The van der Waals surface area contributed by atoms with Gasteiger partial charge < -0.3 is 14.8 Å². The first-order chi connectivity index (χ1) is 10.2. The van der Waals surface area contributed by atoms with Crippen LogP contribution in [-0.4, -0.2) is 20.3 Å². The van der Waals surface area contributed by atoms with Crippen molar-refractivity contribution in [1.82, 2.24) is 5.32 Å². The molecular formula is C17H24ClNO2. The van der Waals surface area contributed by atoms with Crippen LogP contribution in [0.1, 0.15) is 44.2 Å². The standard InChI is InChI=1S/C17H24ClNO2/c1-11-3-5-12(6-4-11)17(19-2)13-9-15-16(10-14(13)18)21-8-7-20-15/h9-12,17,19H,3-8H2,1-2H3. The highest BCUT2D eigenvalue weighted by Crippen LogP contribution is 2.43. The monoisotopic (exact) mass is 309 g/mol. The van der Waals surface area contributed by atoms with Crippen molar-refractivity contribution in [3.8, 4) is 11.5 Å². The topological polar surface area (TPSA) is 30.5 Å². The number of rotatable bonds is 3. The van der Waals surface area contributed by atoms with E-state index >= 15 is 0 Å². The Morgan fingerprint density at radius 1 is 1.10 bits per heavy atom. The van der Waals surface area contributed by atoms with Gasteiger partial charge in [0.25, 0.3) is 0 Å². The van der Waals surface area contributed by atoms with Crippen molar-refractivity contribution in [3.63, 3.8) is 0 Å². The van der Waals surface area contributed by atoms with Gasteiger partial charge in [0.05, 0.1) is 0 Å². The first kappa shape index (κ1) is 15.0. The summed E-state index contributed by atoms with van der Waals surface area (Å²) in [6, 6.07) is 4.26. The fourth-order valence-corrected chi connectivity index (χ4v) is 3.85. The fraction of sp³-hybridized carbons (Fsp3) is 0.647. The molecule has 0 aromatic heterocycles. The Morgan fingerprint density at radius 2 is 1.71 bits per heavy atom. The lowest BCUT2D eigenvalue weighted by atomic mass is 9.77. The van der Waals surface area contributed by atoms with E-state index in [0.29, 0.717) is 25.2 Å². The second-order valence-corrected chi connectivity index (χ2v) is 6.71. The molecule has 3 rings (SSSR count). The van der Waals surface area contributed by atoms with Crippen LogP contribution in [0.25, 0.3) is 0 Å². The summed E-state index contributed by atoms with van der Waals surface area (Å²) >= 11 is 6.51. The fourth-order valence-electron chi connectivity index (χ4n) is 3.58. The second kappa shape index (κ2) is 6.45. The minimum absolute atomic E-state index is 0.292. The van der Waals surface area contributed by atoms with Gasteiger partial charge >= 0.3 is 0 Å². The highest BCUT2D eigenvalue weighted by Gasteiger charge is 2.29. The summed E-state index contributed by atoms with van der Waals surface area (Å²) < 4.78 is 11.3. The molecule has 0 spiro atoms. The number of hydrogen-bond donors (Lipinski definition) is 1. The van der Waals surface area contributed by atoms with Crippen molar-refractivity contribution in [3.05, 3.63) is 22.7 Å². The first-order valence-electron chi connectivity index (χ1n) is 7.95. The van der Waals surface area contributed by atoms with E-state index in [9.17, 15) is 0 Å². The Balaban J connectivity index is 1.86. The SMILES string of the molecule is CNC(c1cc2c(cc1Cl)OCCO2)C1CCC(C)CC1. The predicted molar refractivity (Wildman–Crippen MR) is 85.4 cm³/mol. The molecule has 1 atom stereocenters. The summed E-state index contributed by atoms with van der Waals surface area (Å²) in [6.45, 7) is 3.56. The van der Waals surface area contributed by atoms with Gasteiger partial charge in [-0.2, -0.15) is 0 Å². The average molecular weight is 310 g/mol. The van der Waals surface area contributed by atoms with E-state index in [1.54, 1.807) is 0 Å². The van der Waals surface area contributed by atoms with Crippen molar-refractivity contribution < 1.29 is 9.47 Å². The molecule has 1 aromatic carbocycles. The van der Waals surface area contributed by atoms with E-state index in [1.165, 1.54) is 25.7 Å². The number of fused-ring (bicyclic) bond motifs is 1. The minimum Gasteiger partial charge on any atom is -0.486 e. The molecule has 116 valence electrons. The molecule has 1 saturated carbocycles. The van der Waals surface area contributed by atoms with Crippen LogP contribution in [0.3, 0.4) is 0 Å². The molecule has 4 heteroatoms. The van der Waals surface area contributed by atoms with E-state index in [-0.39, 0.29) is 0 Å². The molecule has 1 aromatic rings. The van der Waals surface area contributed by atoms with E-state index in [1.807, 2.05) is 13.1 Å². The van der Waals surface area contributed by atoms with Crippen LogP contribution in [0, 0.1) is 11.8 Å². The smallest absolute Gasteiger partial charge is 0.162 e. The molecule has 0 saturated heterocycles. The van der Waals surface area contributed by atoms with Gasteiger partial charge in [0.2, 0.25) is 0 Å². The van der Waals surface area contributed by atoms with Gasteiger partial charge in [-0.15, -0.1) is 0 Å². The van der Waals surface area contributed by atoms with Crippen LogP contribution in [0.5, 0.6) is 11.5 Å². The Hall–Kier alpha value is -0.930. The Labute approximate surface area is 132 Å². The minimum atomic E-state index is 0.292. The summed E-state index contributed by atoms with van der Waals surface area (Å²) in [4.78, 5) is 0. The van der Waals surface area contributed by atoms with Gasteiger partial charge in [0, 0.05) is 17.1 Å². The van der Waals surface area contributed by atoms with Crippen molar-refractivity contribution in [2.45, 2.75) is 38.6 Å². The molecule has 0 radical (unpaired) electrons. The lowest BCUT2D eigenvalue weighted by molar-refractivity contribution is 0.170. The maximum atomic E-state index is 6.51. The zero-order valence-electron chi connectivity index (χ0n) is 12.8. The van der Waals surface area contributed by atoms with Crippen LogP contribution in [-0.2, 0) is 0 Å². The normalized spacial score (nSPS) is 26.4. The number of ether oxygens (including phenoxy) is 2. The lowest BCUT2D eigenvalue weighted by Crippen LogP contribution is -2.29. The van der Waals surface area contributed by atoms with E-state index in [0.717, 1.165) is 28.0 Å². The molecule has 1 fully saturated rings. The third kappa shape index (κ3) is 3.14. The Kier molecular flexibility index (Phi) is 4.60. The van der Waals surface area contributed by atoms with Crippen molar-refractivity contribution in [2.24, 2.45) is 11.8 Å². The predicted octanol–water partition coefficient (Wildman–Crippen LogP) is 4.20. The summed E-state index contributed by atoms with van der Waals surface area (Å²) in [5.74, 6) is 3.09. The largest absolute Gasteiger partial charge is 0.486 e. The highest BCUT2D eigenvalue weighted by molar-refractivity contribution is 6.31. The van der Waals surface area contributed by atoms with Crippen molar-refractivity contribution in [1.29, 1.82) is 0 Å². The molecule has 1 aliphatic carbocycles. The molecule has 0 amide bonds. The molecule has 1 heterocycles. The van der Waals surface area contributed by atoms with Gasteiger partial charge in [-0.25, -0.2) is 0 Å². The molecule has 1 N–H and O–H groups in total. The average Bonchev–Trinajstić information content (AvgIpc) is 2.50. The van der Waals surface area contributed by atoms with E-state index in [2.05, 4.69) is 18.3 Å². The van der Waals surface area contributed by atoms with Gasteiger partial charge in [-0.1, -0.05) is 31.4 Å². The number of hydrogen-bond acceptors (Lipinski definition) is 3. The maximum absolute atomic E-state index is 6.51. The second-order valence-electron chi connectivity index (χ2n) is 6.30.